The number of furan rings is 1. The molecule has 0 spiro atoms. The van der Waals surface area contributed by atoms with Crippen LogP contribution in [0.5, 0.6) is 0 Å². The summed E-state index contributed by atoms with van der Waals surface area (Å²) in [4.78, 5) is 26.7. The number of nitrogen functional groups attached to an aromatic ring is 1. The van der Waals surface area contributed by atoms with Gasteiger partial charge in [0.2, 0.25) is 5.91 Å². The van der Waals surface area contributed by atoms with Crippen molar-refractivity contribution in [2.75, 3.05) is 26.2 Å². The highest BCUT2D eigenvalue weighted by molar-refractivity contribution is 5.92. The maximum Gasteiger partial charge on any atom is 0.301 e. The monoisotopic (exact) mass is 266 g/mol. The molecule has 0 saturated carbocycles. The number of amides is 2. The minimum atomic E-state index is -0.428. The summed E-state index contributed by atoms with van der Waals surface area (Å²) >= 11 is 0. The standard InChI is InChI=1S/C12H18N4O3/c1-9(17)16-5-3-15(4-6-16)8-10-2-7-19-11(10)12(18)14-13/h2,7H,3-6,8,13H2,1H3,(H,14,18). The zero-order chi connectivity index (χ0) is 13.8. The van der Waals surface area contributed by atoms with Crippen molar-refractivity contribution in [1.82, 2.24) is 15.2 Å². The molecular weight excluding hydrogens is 248 g/mol. The molecule has 2 rings (SSSR count). The molecule has 1 aliphatic rings. The van der Waals surface area contributed by atoms with E-state index in [4.69, 9.17) is 10.3 Å². The number of carbonyl (C=O) groups excluding carboxylic acids is 2. The summed E-state index contributed by atoms with van der Waals surface area (Å²) in [6, 6.07) is 1.77. The lowest BCUT2D eigenvalue weighted by Crippen LogP contribution is -2.47. The zero-order valence-corrected chi connectivity index (χ0v) is 10.9. The first-order chi connectivity index (χ1) is 9.11. The molecule has 0 unspecified atom stereocenters. The lowest BCUT2D eigenvalue weighted by molar-refractivity contribution is -0.130. The number of nitrogens with one attached hydrogen (secondary N) is 1. The van der Waals surface area contributed by atoms with Crippen molar-refractivity contribution >= 4 is 11.8 Å². The SMILES string of the molecule is CC(=O)N1CCN(Cc2ccoc2C(=O)NN)CC1. The van der Waals surface area contributed by atoms with Gasteiger partial charge in [0.1, 0.15) is 0 Å². The summed E-state index contributed by atoms with van der Waals surface area (Å²) in [6.07, 6.45) is 1.48. The van der Waals surface area contributed by atoms with Crippen LogP contribution in [0.15, 0.2) is 16.7 Å². The molecule has 0 aromatic carbocycles. The lowest BCUT2D eigenvalue weighted by atomic mass is 10.2. The zero-order valence-electron chi connectivity index (χ0n) is 10.9. The molecule has 7 nitrogen and oxygen atoms in total. The van der Waals surface area contributed by atoms with Gasteiger partial charge in [0.05, 0.1) is 6.26 Å². The third kappa shape index (κ3) is 3.12. The Bertz CT molecular complexity index is 463. The highest BCUT2D eigenvalue weighted by Crippen LogP contribution is 2.14. The van der Waals surface area contributed by atoms with Crippen LogP contribution in [0.3, 0.4) is 0 Å². The molecular formula is C12H18N4O3. The second-order valence-corrected chi connectivity index (χ2v) is 4.53. The van der Waals surface area contributed by atoms with Gasteiger partial charge in [-0.15, -0.1) is 0 Å². The Kier molecular flexibility index (Phi) is 4.18. The molecule has 1 fully saturated rings. The van der Waals surface area contributed by atoms with E-state index in [9.17, 15) is 9.59 Å². The van der Waals surface area contributed by atoms with E-state index >= 15 is 0 Å². The minimum absolute atomic E-state index is 0.103. The van der Waals surface area contributed by atoms with Crippen LogP contribution in [-0.4, -0.2) is 47.8 Å². The number of nitrogens with two attached hydrogens (primary N) is 1. The molecule has 1 aromatic heterocycles. The Morgan fingerprint density at radius 2 is 2.05 bits per heavy atom. The van der Waals surface area contributed by atoms with Gasteiger partial charge in [0.25, 0.3) is 0 Å². The van der Waals surface area contributed by atoms with E-state index in [2.05, 4.69) is 10.3 Å². The van der Waals surface area contributed by atoms with Crippen LogP contribution in [0.25, 0.3) is 0 Å². The van der Waals surface area contributed by atoms with E-state index in [-0.39, 0.29) is 11.7 Å². The highest BCUT2D eigenvalue weighted by Gasteiger charge is 2.21. The number of carbonyl (C=O) groups is 2. The Morgan fingerprint density at radius 3 is 2.63 bits per heavy atom. The van der Waals surface area contributed by atoms with Gasteiger partial charge in [-0.2, -0.15) is 0 Å². The summed E-state index contributed by atoms with van der Waals surface area (Å²) in [5.74, 6) is 5.02. The van der Waals surface area contributed by atoms with Gasteiger partial charge >= 0.3 is 5.91 Å². The van der Waals surface area contributed by atoms with Crippen LogP contribution in [0, 0.1) is 0 Å². The Morgan fingerprint density at radius 1 is 1.37 bits per heavy atom. The fourth-order valence-electron chi connectivity index (χ4n) is 2.19. The van der Waals surface area contributed by atoms with Gasteiger partial charge in [-0.05, 0) is 6.07 Å². The van der Waals surface area contributed by atoms with Crippen LogP contribution >= 0.6 is 0 Å². The number of hydrogen-bond acceptors (Lipinski definition) is 5. The molecule has 0 radical (unpaired) electrons. The quantitative estimate of drug-likeness (QED) is 0.439. The van der Waals surface area contributed by atoms with E-state index < -0.39 is 5.91 Å². The van der Waals surface area contributed by atoms with Gasteiger partial charge in [-0.25, -0.2) is 5.84 Å². The predicted octanol–water partition coefficient (Wildman–Crippen LogP) is -0.453. The molecule has 7 heteroatoms. The first-order valence-electron chi connectivity index (χ1n) is 6.17. The second-order valence-electron chi connectivity index (χ2n) is 4.53. The summed E-state index contributed by atoms with van der Waals surface area (Å²) in [5.41, 5.74) is 2.87. The van der Waals surface area contributed by atoms with Crippen LogP contribution in [-0.2, 0) is 11.3 Å². The van der Waals surface area contributed by atoms with E-state index in [1.807, 2.05) is 4.90 Å². The van der Waals surface area contributed by atoms with Gasteiger partial charge in [0, 0.05) is 45.2 Å². The van der Waals surface area contributed by atoms with Crippen molar-refractivity contribution < 1.29 is 14.0 Å². The average molecular weight is 266 g/mol. The van der Waals surface area contributed by atoms with E-state index in [0.717, 1.165) is 18.7 Å². The van der Waals surface area contributed by atoms with Gasteiger partial charge in [0.15, 0.2) is 5.76 Å². The average Bonchev–Trinajstić information content (AvgIpc) is 2.86. The number of nitrogens with zero attached hydrogens (tertiary/aromatic N) is 2. The van der Waals surface area contributed by atoms with E-state index in [0.29, 0.717) is 19.6 Å². The van der Waals surface area contributed by atoms with Gasteiger partial charge < -0.3 is 9.32 Å². The lowest BCUT2D eigenvalue weighted by Gasteiger charge is -2.34. The highest BCUT2D eigenvalue weighted by atomic mass is 16.3. The van der Waals surface area contributed by atoms with Crippen LogP contribution < -0.4 is 11.3 Å². The molecule has 0 aliphatic carbocycles. The molecule has 3 N–H and O–H groups in total. The first kappa shape index (κ1) is 13.6. The molecule has 1 aromatic rings. The summed E-state index contributed by atoms with van der Waals surface area (Å²) in [6.45, 7) is 5.19. The third-order valence-corrected chi connectivity index (χ3v) is 3.30. The number of piperazine rings is 1. The van der Waals surface area contributed by atoms with Gasteiger partial charge in [-0.1, -0.05) is 0 Å². The molecule has 2 amide bonds. The second kappa shape index (κ2) is 5.85. The smallest absolute Gasteiger partial charge is 0.301 e. The molecule has 19 heavy (non-hydrogen) atoms. The van der Waals surface area contributed by atoms with Crippen molar-refractivity contribution in [2.45, 2.75) is 13.5 Å². The molecule has 0 atom stereocenters. The van der Waals surface area contributed by atoms with Crippen LogP contribution in [0.4, 0.5) is 0 Å². The van der Waals surface area contributed by atoms with Crippen LogP contribution in [0.1, 0.15) is 23.0 Å². The predicted molar refractivity (Wildman–Crippen MR) is 67.9 cm³/mol. The first-order valence-corrected chi connectivity index (χ1v) is 6.17. The Hall–Kier alpha value is -1.86. The largest absolute Gasteiger partial charge is 0.459 e. The Balaban J connectivity index is 1.94. The van der Waals surface area contributed by atoms with Crippen molar-refractivity contribution in [3.63, 3.8) is 0 Å². The summed E-state index contributed by atoms with van der Waals surface area (Å²) in [7, 11) is 0. The molecule has 0 bridgehead atoms. The number of hydrazine groups is 1. The fourth-order valence-corrected chi connectivity index (χ4v) is 2.19. The normalized spacial score (nSPS) is 16.4. The van der Waals surface area contributed by atoms with Gasteiger partial charge in [-0.3, -0.25) is 19.9 Å². The molecule has 2 heterocycles. The van der Waals surface area contributed by atoms with E-state index in [1.54, 1.807) is 13.0 Å². The maximum atomic E-state index is 11.5. The number of hydrogen-bond donors (Lipinski definition) is 2. The third-order valence-electron chi connectivity index (χ3n) is 3.30. The topological polar surface area (TPSA) is 91.8 Å². The molecule has 1 saturated heterocycles. The Labute approximate surface area is 111 Å². The molecule has 1 aliphatic heterocycles. The van der Waals surface area contributed by atoms with E-state index in [1.165, 1.54) is 6.26 Å². The molecule has 104 valence electrons. The minimum Gasteiger partial charge on any atom is -0.459 e. The summed E-state index contributed by atoms with van der Waals surface area (Å²) in [5, 5.41) is 0. The van der Waals surface area contributed by atoms with Crippen molar-refractivity contribution in [1.29, 1.82) is 0 Å². The maximum absolute atomic E-state index is 11.5. The van der Waals surface area contributed by atoms with Crippen molar-refractivity contribution in [2.24, 2.45) is 5.84 Å². The van der Waals surface area contributed by atoms with Crippen molar-refractivity contribution in [3.8, 4) is 0 Å². The number of rotatable bonds is 3. The summed E-state index contributed by atoms with van der Waals surface area (Å²) < 4.78 is 5.13. The van der Waals surface area contributed by atoms with Crippen molar-refractivity contribution in [3.05, 3.63) is 23.7 Å². The fraction of sp³-hybridized carbons (Fsp3) is 0.500. The van der Waals surface area contributed by atoms with Crippen LogP contribution in [0.2, 0.25) is 0 Å².